The van der Waals surface area contributed by atoms with Crippen molar-refractivity contribution in [1.29, 1.82) is 0 Å². The van der Waals surface area contributed by atoms with Gasteiger partial charge in [-0.1, -0.05) is 113 Å². The minimum Gasteiger partial charge on any atom is -0.396 e. The molecule has 0 aliphatic carbocycles. The zero-order valence-electron chi connectivity index (χ0n) is 23.7. The van der Waals surface area contributed by atoms with Gasteiger partial charge in [-0.15, -0.1) is 0 Å². The summed E-state index contributed by atoms with van der Waals surface area (Å²) in [7, 11) is 0. The van der Waals surface area contributed by atoms with Crippen molar-refractivity contribution in [3.05, 3.63) is 0 Å². The van der Waals surface area contributed by atoms with E-state index in [9.17, 15) is 0 Å². The molecule has 0 aromatic carbocycles. The molecule has 5 heteroatoms. The van der Waals surface area contributed by atoms with E-state index >= 15 is 0 Å². The summed E-state index contributed by atoms with van der Waals surface area (Å²) < 4.78 is 0. The molecule has 0 rings (SSSR count). The summed E-state index contributed by atoms with van der Waals surface area (Å²) >= 11 is 0. The summed E-state index contributed by atoms with van der Waals surface area (Å²) in [4.78, 5) is 0. The Morgan fingerprint density at radius 3 is 0.758 bits per heavy atom. The van der Waals surface area contributed by atoms with Crippen LogP contribution in [0.5, 0.6) is 0 Å². The minimum atomic E-state index is 0. The molecule has 3 atom stereocenters. The topological polar surface area (TPSA) is 80.9 Å². The second-order valence-corrected chi connectivity index (χ2v) is 8.87. The first-order valence-corrected chi connectivity index (χ1v) is 13.9. The third-order valence-corrected chi connectivity index (χ3v) is 5.92. The molecule has 0 heterocycles. The van der Waals surface area contributed by atoms with Gasteiger partial charge in [0.2, 0.25) is 0 Å². The standard InChI is InChI=1S/3C8H18O.C4H10O.Ti/c3*1-3-5-6-8(4-2)7-9;1-2-3-4-5;/h3*8-9H,3-7H2,1-2H3;5H,2-4H2,1H3;. The van der Waals surface area contributed by atoms with E-state index in [1.807, 2.05) is 0 Å². The number of aliphatic hydroxyl groups is 4. The maximum atomic E-state index is 8.75. The average Bonchev–Trinajstić information content (AvgIpc) is 2.83. The van der Waals surface area contributed by atoms with Crippen LogP contribution in [-0.2, 0) is 21.7 Å². The first-order valence-electron chi connectivity index (χ1n) is 13.9. The molecule has 4 N–H and O–H groups in total. The van der Waals surface area contributed by atoms with E-state index in [-0.39, 0.29) is 21.7 Å². The zero-order chi connectivity index (χ0) is 25.5. The SMILES string of the molecule is CCCCC(CC)CO.CCCCC(CC)CO.CCCCC(CC)CO.CCCCO.[Ti]. The van der Waals surface area contributed by atoms with Crippen LogP contribution < -0.4 is 0 Å². The largest absolute Gasteiger partial charge is 0.396 e. The Morgan fingerprint density at radius 1 is 0.424 bits per heavy atom. The zero-order valence-corrected chi connectivity index (χ0v) is 25.3. The monoisotopic (exact) mass is 512 g/mol. The number of unbranched alkanes of at least 4 members (excludes halogenated alkanes) is 4. The molecule has 0 saturated heterocycles. The Labute approximate surface area is 224 Å². The van der Waals surface area contributed by atoms with Crippen molar-refractivity contribution < 1.29 is 42.1 Å². The molecule has 0 bridgehead atoms. The predicted octanol–water partition coefficient (Wildman–Crippen LogP) is 7.36. The quantitative estimate of drug-likeness (QED) is 0.154. The molecular weight excluding hydrogens is 448 g/mol. The van der Waals surface area contributed by atoms with Gasteiger partial charge < -0.3 is 20.4 Å². The second-order valence-electron chi connectivity index (χ2n) is 8.87. The third-order valence-electron chi connectivity index (χ3n) is 5.92. The van der Waals surface area contributed by atoms with Crippen LogP contribution in [-0.4, -0.2) is 46.9 Å². The Morgan fingerprint density at radius 2 is 0.667 bits per heavy atom. The van der Waals surface area contributed by atoms with E-state index in [4.69, 9.17) is 20.4 Å². The smallest absolute Gasteiger partial charge is 0.0459 e. The van der Waals surface area contributed by atoms with Crippen molar-refractivity contribution in [2.45, 2.75) is 138 Å². The molecule has 0 spiro atoms. The van der Waals surface area contributed by atoms with E-state index in [0.717, 1.165) is 32.1 Å². The van der Waals surface area contributed by atoms with Crippen molar-refractivity contribution in [2.75, 3.05) is 26.4 Å². The molecule has 0 saturated carbocycles. The van der Waals surface area contributed by atoms with Gasteiger partial charge in [-0.3, -0.25) is 0 Å². The number of rotatable bonds is 17. The van der Waals surface area contributed by atoms with E-state index in [1.165, 1.54) is 57.8 Å². The molecule has 33 heavy (non-hydrogen) atoms. The third kappa shape index (κ3) is 43.1. The molecule has 4 nitrogen and oxygen atoms in total. The molecular formula is C28H64O4Ti. The molecule has 0 radical (unpaired) electrons. The van der Waals surface area contributed by atoms with Crippen LogP contribution in [0.1, 0.15) is 138 Å². The summed E-state index contributed by atoms with van der Waals surface area (Å²) in [5.74, 6) is 1.68. The van der Waals surface area contributed by atoms with Gasteiger partial charge in [-0.2, -0.15) is 0 Å². The fourth-order valence-corrected chi connectivity index (χ4v) is 2.91. The normalized spacial score (nSPS) is 12.5. The number of hydrogen-bond acceptors (Lipinski definition) is 4. The summed E-state index contributed by atoms with van der Waals surface area (Å²) in [6, 6.07) is 0. The van der Waals surface area contributed by atoms with Crippen molar-refractivity contribution in [3.8, 4) is 0 Å². The maximum Gasteiger partial charge on any atom is 0.0459 e. The Hall–Kier alpha value is 0.554. The van der Waals surface area contributed by atoms with Crippen molar-refractivity contribution >= 4 is 0 Å². The molecule has 0 aromatic heterocycles. The Bertz CT molecular complexity index is 229. The van der Waals surface area contributed by atoms with Crippen LogP contribution in [0.2, 0.25) is 0 Å². The van der Waals surface area contributed by atoms with Gasteiger partial charge in [0.25, 0.3) is 0 Å². The van der Waals surface area contributed by atoms with Gasteiger partial charge in [-0.25, -0.2) is 0 Å². The fourth-order valence-electron chi connectivity index (χ4n) is 2.91. The summed E-state index contributed by atoms with van der Waals surface area (Å²) in [5, 5.41) is 34.3. The van der Waals surface area contributed by atoms with Gasteiger partial charge in [0.15, 0.2) is 0 Å². The number of hydrogen-bond donors (Lipinski definition) is 4. The van der Waals surface area contributed by atoms with Crippen molar-refractivity contribution in [2.24, 2.45) is 17.8 Å². The van der Waals surface area contributed by atoms with E-state index in [2.05, 4.69) is 48.5 Å². The van der Waals surface area contributed by atoms with Crippen LogP contribution in [0, 0.1) is 17.8 Å². The van der Waals surface area contributed by atoms with Crippen LogP contribution in [0.4, 0.5) is 0 Å². The van der Waals surface area contributed by atoms with Crippen LogP contribution in [0.25, 0.3) is 0 Å². The second kappa shape index (κ2) is 42.7. The Kier molecular flexibility index (Phi) is 56.4. The van der Waals surface area contributed by atoms with Gasteiger partial charge in [0.1, 0.15) is 0 Å². The van der Waals surface area contributed by atoms with E-state index in [1.54, 1.807) is 0 Å². The molecule has 3 unspecified atom stereocenters. The van der Waals surface area contributed by atoms with Crippen LogP contribution in [0.15, 0.2) is 0 Å². The average molecular weight is 513 g/mol. The molecule has 0 aliphatic rings. The van der Waals surface area contributed by atoms with E-state index < -0.39 is 0 Å². The number of aliphatic hydroxyl groups excluding tert-OH is 4. The Balaban J connectivity index is -0.000000107. The first-order chi connectivity index (χ1) is 15.5. The molecule has 0 aromatic rings. The van der Waals surface area contributed by atoms with E-state index in [0.29, 0.717) is 44.2 Å². The van der Waals surface area contributed by atoms with Gasteiger partial charge in [0.05, 0.1) is 0 Å². The molecule has 204 valence electrons. The molecule has 0 amide bonds. The van der Waals surface area contributed by atoms with Gasteiger partial charge in [-0.05, 0) is 43.4 Å². The van der Waals surface area contributed by atoms with Crippen LogP contribution >= 0.6 is 0 Å². The fraction of sp³-hybridized carbons (Fsp3) is 1.00. The predicted molar refractivity (Wildman–Crippen MR) is 143 cm³/mol. The minimum absolute atomic E-state index is 0. The van der Waals surface area contributed by atoms with Crippen molar-refractivity contribution in [1.82, 2.24) is 0 Å². The molecule has 0 fully saturated rings. The summed E-state index contributed by atoms with van der Waals surface area (Å²) in [6.45, 7) is 16.5. The summed E-state index contributed by atoms with van der Waals surface area (Å²) in [5.41, 5.74) is 0. The summed E-state index contributed by atoms with van der Waals surface area (Å²) in [6.07, 6.45) is 16.5. The maximum absolute atomic E-state index is 8.75. The van der Waals surface area contributed by atoms with Gasteiger partial charge >= 0.3 is 0 Å². The van der Waals surface area contributed by atoms with Gasteiger partial charge in [0, 0.05) is 48.1 Å². The first kappa shape index (κ1) is 43.6. The van der Waals surface area contributed by atoms with Crippen molar-refractivity contribution in [3.63, 3.8) is 0 Å². The molecule has 0 aliphatic heterocycles. The van der Waals surface area contributed by atoms with Crippen LogP contribution in [0.3, 0.4) is 0 Å².